The van der Waals surface area contributed by atoms with Gasteiger partial charge in [-0.3, -0.25) is 4.79 Å². The summed E-state index contributed by atoms with van der Waals surface area (Å²) in [6.07, 6.45) is 14.4. The van der Waals surface area contributed by atoms with Gasteiger partial charge in [-0.1, -0.05) is 38.0 Å². The third-order valence-corrected chi connectivity index (χ3v) is 3.17. The zero-order chi connectivity index (χ0) is 17.2. The number of hydrogen-bond acceptors (Lipinski definition) is 4. The number of ether oxygens (including phenoxy) is 3. The summed E-state index contributed by atoms with van der Waals surface area (Å²) in [5.74, 6) is -0.102. The first-order valence-corrected chi connectivity index (χ1v) is 8.95. The Hall–Kier alpha value is -1.13. The average Bonchev–Trinajstić information content (AvgIpc) is 2.54. The lowest BCUT2D eigenvalue weighted by atomic mass is 10.1. The molecule has 0 aromatic heterocycles. The van der Waals surface area contributed by atoms with Crippen molar-refractivity contribution in [1.82, 2.24) is 0 Å². The van der Waals surface area contributed by atoms with Gasteiger partial charge in [0.05, 0.1) is 0 Å². The van der Waals surface area contributed by atoms with Crippen LogP contribution in [0, 0.1) is 0 Å². The van der Waals surface area contributed by atoms with Crippen LogP contribution in [0.2, 0.25) is 0 Å². The second kappa shape index (κ2) is 17.2. The summed E-state index contributed by atoms with van der Waals surface area (Å²) in [4.78, 5) is 11.5. The number of carbonyl (C=O) groups excluding carboxylic acids is 1. The molecule has 0 aliphatic carbocycles. The molecule has 0 rings (SSSR count). The van der Waals surface area contributed by atoms with E-state index in [1.54, 1.807) is 0 Å². The summed E-state index contributed by atoms with van der Waals surface area (Å²) in [6, 6.07) is 0. The smallest absolute Gasteiger partial charge is 0.306 e. The van der Waals surface area contributed by atoms with E-state index in [0.717, 1.165) is 38.5 Å². The molecule has 4 nitrogen and oxygen atoms in total. The highest BCUT2D eigenvalue weighted by Gasteiger charge is 2.02. The van der Waals surface area contributed by atoms with Crippen LogP contribution in [0.25, 0.3) is 0 Å². The Morgan fingerprint density at radius 3 is 2.30 bits per heavy atom. The summed E-state index contributed by atoms with van der Waals surface area (Å²) >= 11 is 0. The monoisotopic (exact) mass is 326 g/mol. The number of hydrogen-bond donors (Lipinski definition) is 0. The van der Waals surface area contributed by atoms with Crippen molar-refractivity contribution in [2.45, 2.75) is 72.0 Å². The number of carbonyl (C=O) groups is 1. The van der Waals surface area contributed by atoms with Gasteiger partial charge in [-0.2, -0.15) is 0 Å². The van der Waals surface area contributed by atoms with E-state index in [1.807, 2.05) is 26.0 Å². The summed E-state index contributed by atoms with van der Waals surface area (Å²) in [5.41, 5.74) is 0. The number of unbranched alkanes of at least 4 members (excludes halogenated alkanes) is 4. The Bertz CT molecular complexity index is 317. The average molecular weight is 326 g/mol. The highest BCUT2D eigenvalue weighted by molar-refractivity contribution is 5.69. The summed E-state index contributed by atoms with van der Waals surface area (Å²) < 4.78 is 16.0. The standard InChI is InChI=1S/C19H34O4/c1-4-7-8-14-17-23-18(20)15-12-10-9-11-13-16-19(21-5-2)22-6-3/h8,13-14,16,19H,4-7,9-12,15,17H2,1-3H3/b14-8+,16-13+. The van der Waals surface area contributed by atoms with Crippen molar-refractivity contribution in [1.29, 1.82) is 0 Å². The molecule has 0 unspecified atom stereocenters. The fraction of sp³-hybridized carbons (Fsp3) is 0.737. The molecular weight excluding hydrogens is 292 g/mol. The third kappa shape index (κ3) is 15.5. The number of rotatable bonds is 15. The zero-order valence-electron chi connectivity index (χ0n) is 15.1. The van der Waals surface area contributed by atoms with E-state index in [0.29, 0.717) is 26.2 Å². The molecule has 0 aromatic rings. The molecule has 0 aromatic carbocycles. The quantitative estimate of drug-likeness (QED) is 0.188. The van der Waals surface area contributed by atoms with Gasteiger partial charge in [0.2, 0.25) is 0 Å². The molecule has 0 bridgehead atoms. The first kappa shape index (κ1) is 21.9. The van der Waals surface area contributed by atoms with Crippen LogP contribution in [0.4, 0.5) is 0 Å². The molecule has 134 valence electrons. The van der Waals surface area contributed by atoms with Crippen LogP contribution in [-0.2, 0) is 19.0 Å². The van der Waals surface area contributed by atoms with Crippen molar-refractivity contribution < 1.29 is 19.0 Å². The number of allylic oxidation sites excluding steroid dienone is 2. The highest BCUT2D eigenvalue weighted by Crippen LogP contribution is 2.06. The van der Waals surface area contributed by atoms with E-state index in [4.69, 9.17) is 14.2 Å². The Balaban J connectivity index is 3.55. The van der Waals surface area contributed by atoms with E-state index in [9.17, 15) is 4.79 Å². The molecule has 0 heterocycles. The molecular formula is C19H34O4. The van der Waals surface area contributed by atoms with Crippen LogP contribution in [0.5, 0.6) is 0 Å². The van der Waals surface area contributed by atoms with Crippen molar-refractivity contribution in [3.63, 3.8) is 0 Å². The molecule has 0 radical (unpaired) electrons. The SMILES string of the molecule is CCC/C=C/COC(=O)CCCCC/C=C/C(OCC)OCC. The second-order valence-electron chi connectivity index (χ2n) is 5.25. The Morgan fingerprint density at radius 1 is 0.913 bits per heavy atom. The topological polar surface area (TPSA) is 44.8 Å². The minimum atomic E-state index is -0.235. The summed E-state index contributed by atoms with van der Waals surface area (Å²) in [5, 5.41) is 0. The van der Waals surface area contributed by atoms with Gasteiger partial charge in [0, 0.05) is 19.6 Å². The first-order valence-electron chi connectivity index (χ1n) is 8.95. The van der Waals surface area contributed by atoms with E-state index in [1.165, 1.54) is 0 Å². The van der Waals surface area contributed by atoms with Gasteiger partial charge < -0.3 is 14.2 Å². The molecule has 23 heavy (non-hydrogen) atoms. The molecule has 0 aliphatic rings. The van der Waals surface area contributed by atoms with Gasteiger partial charge in [0.25, 0.3) is 0 Å². The van der Waals surface area contributed by atoms with Crippen LogP contribution in [0.3, 0.4) is 0 Å². The lowest BCUT2D eigenvalue weighted by Gasteiger charge is -2.12. The predicted molar refractivity (Wildman–Crippen MR) is 94.3 cm³/mol. The van der Waals surface area contributed by atoms with Gasteiger partial charge in [-0.15, -0.1) is 0 Å². The minimum absolute atomic E-state index is 0.102. The van der Waals surface area contributed by atoms with Gasteiger partial charge in [0.15, 0.2) is 6.29 Å². The Labute approximate surface area is 141 Å². The van der Waals surface area contributed by atoms with Crippen molar-refractivity contribution in [3.05, 3.63) is 24.3 Å². The Kier molecular flexibility index (Phi) is 16.4. The molecule has 0 fully saturated rings. The first-order chi connectivity index (χ1) is 11.2. The zero-order valence-corrected chi connectivity index (χ0v) is 15.1. The van der Waals surface area contributed by atoms with E-state index >= 15 is 0 Å². The van der Waals surface area contributed by atoms with Gasteiger partial charge >= 0.3 is 5.97 Å². The molecule has 0 amide bonds. The van der Waals surface area contributed by atoms with Crippen LogP contribution in [0.15, 0.2) is 24.3 Å². The molecule has 0 aliphatic heterocycles. The largest absolute Gasteiger partial charge is 0.461 e. The fourth-order valence-corrected chi connectivity index (χ4v) is 1.97. The van der Waals surface area contributed by atoms with Crippen molar-refractivity contribution >= 4 is 5.97 Å². The van der Waals surface area contributed by atoms with Gasteiger partial charge in [-0.25, -0.2) is 0 Å². The minimum Gasteiger partial charge on any atom is -0.461 e. The predicted octanol–water partition coefficient (Wildman–Crippen LogP) is 4.79. The van der Waals surface area contributed by atoms with Crippen molar-refractivity contribution in [2.75, 3.05) is 19.8 Å². The lowest BCUT2D eigenvalue weighted by Crippen LogP contribution is -2.14. The maximum Gasteiger partial charge on any atom is 0.306 e. The van der Waals surface area contributed by atoms with Gasteiger partial charge in [-0.05, 0) is 45.6 Å². The van der Waals surface area contributed by atoms with E-state index in [2.05, 4.69) is 19.1 Å². The van der Waals surface area contributed by atoms with Crippen LogP contribution >= 0.6 is 0 Å². The van der Waals surface area contributed by atoms with Crippen molar-refractivity contribution in [3.8, 4) is 0 Å². The molecule has 0 saturated carbocycles. The van der Waals surface area contributed by atoms with E-state index < -0.39 is 0 Å². The lowest BCUT2D eigenvalue weighted by molar-refractivity contribution is -0.142. The van der Waals surface area contributed by atoms with Crippen LogP contribution in [0.1, 0.15) is 65.7 Å². The van der Waals surface area contributed by atoms with Crippen LogP contribution < -0.4 is 0 Å². The highest BCUT2D eigenvalue weighted by atomic mass is 16.7. The second-order valence-corrected chi connectivity index (χ2v) is 5.25. The summed E-state index contributed by atoms with van der Waals surface area (Å²) in [7, 11) is 0. The molecule has 4 heteroatoms. The maximum atomic E-state index is 11.5. The molecule has 0 N–H and O–H groups in total. The molecule has 0 spiro atoms. The number of esters is 1. The van der Waals surface area contributed by atoms with Crippen molar-refractivity contribution in [2.24, 2.45) is 0 Å². The van der Waals surface area contributed by atoms with E-state index in [-0.39, 0.29) is 12.3 Å². The normalized spacial score (nSPS) is 11.8. The molecule has 0 saturated heterocycles. The summed E-state index contributed by atoms with van der Waals surface area (Å²) in [6.45, 7) is 7.73. The van der Waals surface area contributed by atoms with Crippen LogP contribution in [-0.4, -0.2) is 32.1 Å². The molecule has 0 atom stereocenters. The maximum absolute atomic E-state index is 11.5. The van der Waals surface area contributed by atoms with Gasteiger partial charge in [0.1, 0.15) is 6.61 Å². The Morgan fingerprint density at radius 2 is 1.65 bits per heavy atom. The fourth-order valence-electron chi connectivity index (χ4n) is 1.97. The third-order valence-electron chi connectivity index (χ3n) is 3.17.